The zero-order chi connectivity index (χ0) is 23.6. The summed E-state index contributed by atoms with van der Waals surface area (Å²) < 4.78 is 6.17. The molecule has 0 radical (unpaired) electrons. The molecule has 3 aromatic heterocycles. The van der Waals surface area contributed by atoms with Crippen molar-refractivity contribution in [3.05, 3.63) is 69.2 Å². The predicted octanol–water partition coefficient (Wildman–Crippen LogP) is 5.08. The van der Waals surface area contributed by atoms with E-state index in [4.69, 9.17) is 4.74 Å². The normalized spacial score (nSPS) is 11.4. The van der Waals surface area contributed by atoms with Crippen LogP contribution in [0.5, 0.6) is 0 Å². The third kappa shape index (κ3) is 4.67. The number of aromatic nitrogens is 2. The molecular weight excluding hydrogens is 460 g/mol. The number of benzene rings is 1. The fraction of sp³-hybridized carbons (Fsp3) is 0.217. The van der Waals surface area contributed by atoms with Gasteiger partial charge < -0.3 is 15.4 Å². The second-order valence-corrected chi connectivity index (χ2v) is 9.64. The summed E-state index contributed by atoms with van der Waals surface area (Å²) >= 11 is 2.40. The van der Waals surface area contributed by atoms with Crippen molar-refractivity contribution in [1.82, 2.24) is 15.1 Å². The number of ether oxygens (including phenoxy) is 1. The first-order valence-electron chi connectivity index (χ1n) is 10.2. The highest BCUT2D eigenvalue weighted by atomic mass is 32.1. The third-order valence-corrected chi connectivity index (χ3v) is 6.90. The van der Waals surface area contributed by atoms with Crippen LogP contribution in [0, 0.1) is 0 Å². The molecule has 0 fully saturated rings. The second kappa shape index (κ2) is 9.16. The number of nitrogens with one attached hydrogen (secondary N) is 2. The summed E-state index contributed by atoms with van der Waals surface area (Å²) in [4.78, 5) is 39.4. The molecule has 0 spiro atoms. The molecule has 0 aliphatic rings. The molecule has 4 aromatic rings. The summed E-state index contributed by atoms with van der Waals surface area (Å²) in [5.74, 6) is -0.451. The van der Waals surface area contributed by atoms with E-state index < -0.39 is 11.6 Å². The van der Waals surface area contributed by atoms with E-state index in [-0.39, 0.29) is 24.2 Å². The van der Waals surface area contributed by atoms with Crippen LogP contribution in [0.15, 0.2) is 53.9 Å². The Labute approximate surface area is 198 Å². The van der Waals surface area contributed by atoms with E-state index in [2.05, 4.69) is 15.7 Å². The van der Waals surface area contributed by atoms with Gasteiger partial charge >= 0.3 is 6.09 Å². The maximum absolute atomic E-state index is 13.1. The zero-order valence-electron chi connectivity index (χ0n) is 18.2. The van der Waals surface area contributed by atoms with E-state index in [1.165, 1.54) is 11.3 Å². The molecule has 0 unspecified atom stereocenters. The molecule has 33 heavy (non-hydrogen) atoms. The minimum absolute atomic E-state index is 0.168. The monoisotopic (exact) mass is 482 g/mol. The van der Waals surface area contributed by atoms with E-state index in [0.29, 0.717) is 20.0 Å². The molecule has 1 aromatic carbocycles. The standard InChI is InChI=1S/C23H22N4O4S2/c1-4-31-22(30)27-21-15(18(26-27)24-19(28)16-11-8-12-32-16)13-17(33-21)20(29)25-23(2,3)14-9-6-5-7-10-14/h5-13H,4H2,1-3H3,(H,25,29)(H,24,26,28). The van der Waals surface area contributed by atoms with Gasteiger partial charge in [-0.15, -0.1) is 27.8 Å². The quantitative estimate of drug-likeness (QED) is 0.399. The number of fused-ring (bicyclic) bond motifs is 1. The second-order valence-electron chi connectivity index (χ2n) is 7.67. The van der Waals surface area contributed by atoms with Crippen molar-refractivity contribution < 1.29 is 19.1 Å². The van der Waals surface area contributed by atoms with Crippen LogP contribution in [0.4, 0.5) is 10.6 Å². The number of carbonyl (C=O) groups is 3. The molecule has 3 heterocycles. The van der Waals surface area contributed by atoms with Gasteiger partial charge in [-0.3, -0.25) is 9.59 Å². The van der Waals surface area contributed by atoms with Crippen LogP contribution in [0.25, 0.3) is 10.2 Å². The third-order valence-electron chi connectivity index (χ3n) is 4.92. The first-order chi connectivity index (χ1) is 15.8. The van der Waals surface area contributed by atoms with Gasteiger partial charge in [0.1, 0.15) is 4.83 Å². The Hall–Kier alpha value is -3.50. The Morgan fingerprint density at radius 2 is 1.82 bits per heavy atom. The molecule has 0 bridgehead atoms. The summed E-state index contributed by atoms with van der Waals surface area (Å²) in [7, 11) is 0. The zero-order valence-corrected chi connectivity index (χ0v) is 19.9. The summed E-state index contributed by atoms with van der Waals surface area (Å²) in [6.07, 6.45) is -0.683. The molecule has 10 heteroatoms. The molecule has 0 saturated carbocycles. The van der Waals surface area contributed by atoms with Gasteiger partial charge in [-0.1, -0.05) is 36.4 Å². The van der Waals surface area contributed by atoms with E-state index in [1.54, 1.807) is 30.5 Å². The van der Waals surface area contributed by atoms with Gasteiger partial charge in [0.2, 0.25) is 0 Å². The largest absolute Gasteiger partial charge is 0.448 e. The Bertz CT molecular complexity index is 1310. The number of carbonyl (C=O) groups excluding carboxylic acids is 3. The molecule has 170 valence electrons. The van der Waals surface area contributed by atoms with Gasteiger partial charge in [0.15, 0.2) is 5.82 Å². The van der Waals surface area contributed by atoms with Gasteiger partial charge in [0.25, 0.3) is 11.8 Å². The maximum atomic E-state index is 13.1. The van der Waals surface area contributed by atoms with Crippen LogP contribution in [0.2, 0.25) is 0 Å². The number of nitrogens with zero attached hydrogens (tertiary/aromatic N) is 2. The number of amides is 2. The van der Waals surface area contributed by atoms with Crippen LogP contribution in [0.3, 0.4) is 0 Å². The van der Waals surface area contributed by atoms with Crippen molar-refractivity contribution in [3.8, 4) is 0 Å². The number of anilines is 1. The van der Waals surface area contributed by atoms with Crippen molar-refractivity contribution in [2.24, 2.45) is 0 Å². The molecule has 2 N–H and O–H groups in total. The topological polar surface area (TPSA) is 102 Å². The first-order valence-corrected chi connectivity index (χ1v) is 11.9. The minimum Gasteiger partial charge on any atom is -0.448 e. The van der Waals surface area contributed by atoms with E-state index in [0.717, 1.165) is 21.6 Å². The van der Waals surface area contributed by atoms with Crippen molar-refractivity contribution in [2.75, 3.05) is 11.9 Å². The van der Waals surface area contributed by atoms with E-state index in [9.17, 15) is 14.4 Å². The van der Waals surface area contributed by atoms with Crippen LogP contribution in [0.1, 0.15) is 45.7 Å². The van der Waals surface area contributed by atoms with Gasteiger partial charge in [-0.05, 0) is 43.8 Å². The Balaban J connectivity index is 1.67. The van der Waals surface area contributed by atoms with Gasteiger partial charge in [-0.25, -0.2) is 4.79 Å². The number of rotatable bonds is 6. The fourth-order valence-corrected chi connectivity index (χ4v) is 4.88. The van der Waals surface area contributed by atoms with Crippen molar-refractivity contribution >= 4 is 56.6 Å². The number of thiophene rings is 2. The minimum atomic E-state index is -0.683. The smallest absolute Gasteiger partial charge is 0.436 e. The average molecular weight is 483 g/mol. The lowest BCUT2D eigenvalue weighted by Gasteiger charge is -2.26. The average Bonchev–Trinajstić information content (AvgIpc) is 3.52. The SMILES string of the molecule is CCOC(=O)n1nc(NC(=O)c2cccs2)c2cc(C(=O)NC(C)(C)c3ccccc3)sc21. The Morgan fingerprint density at radius 1 is 1.06 bits per heavy atom. The van der Waals surface area contributed by atoms with Crippen molar-refractivity contribution in [2.45, 2.75) is 26.3 Å². The van der Waals surface area contributed by atoms with Gasteiger partial charge in [0.05, 0.1) is 27.3 Å². The Morgan fingerprint density at radius 3 is 2.48 bits per heavy atom. The van der Waals surface area contributed by atoms with Gasteiger partial charge in [0, 0.05) is 0 Å². The lowest BCUT2D eigenvalue weighted by atomic mass is 9.94. The summed E-state index contributed by atoms with van der Waals surface area (Å²) in [6, 6.07) is 14.7. The summed E-state index contributed by atoms with van der Waals surface area (Å²) in [6.45, 7) is 5.69. The van der Waals surface area contributed by atoms with Gasteiger partial charge in [-0.2, -0.15) is 4.68 Å². The molecule has 8 nitrogen and oxygen atoms in total. The molecule has 0 saturated heterocycles. The van der Waals surface area contributed by atoms with Crippen LogP contribution in [-0.2, 0) is 10.3 Å². The Kier molecular flexibility index (Phi) is 6.30. The lowest BCUT2D eigenvalue weighted by molar-refractivity contribution is 0.0915. The molecule has 0 aliphatic heterocycles. The summed E-state index contributed by atoms with van der Waals surface area (Å²) in [5.41, 5.74) is 0.346. The van der Waals surface area contributed by atoms with Crippen molar-refractivity contribution in [3.63, 3.8) is 0 Å². The van der Waals surface area contributed by atoms with E-state index >= 15 is 0 Å². The van der Waals surface area contributed by atoms with Crippen LogP contribution >= 0.6 is 22.7 Å². The highest BCUT2D eigenvalue weighted by Gasteiger charge is 2.27. The molecule has 2 amide bonds. The summed E-state index contributed by atoms with van der Waals surface area (Å²) in [5, 5.41) is 12.3. The number of hydrogen-bond acceptors (Lipinski definition) is 7. The molecular formula is C23H22N4O4S2. The predicted molar refractivity (Wildman–Crippen MR) is 129 cm³/mol. The number of hydrogen-bond donors (Lipinski definition) is 2. The maximum Gasteiger partial charge on any atom is 0.436 e. The van der Waals surface area contributed by atoms with Crippen LogP contribution < -0.4 is 10.6 Å². The fourth-order valence-electron chi connectivity index (χ4n) is 3.27. The van der Waals surface area contributed by atoms with Crippen LogP contribution in [-0.4, -0.2) is 34.3 Å². The molecule has 0 aliphatic carbocycles. The molecule has 0 atom stereocenters. The first kappa shape index (κ1) is 22.7. The van der Waals surface area contributed by atoms with E-state index in [1.807, 2.05) is 44.2 Å². The van der Waals surface area contributed by atoms with Crippen molar-refractivity contribution in [1.29, 1.82) is 0 Å². The molecule has 4 rings (SSSR count). The lowest BCUT2D eigenvalue weighted by Crippen LogP contribution is -2.40. The highest BCUT2D eigenvalue weighted by Crippen LogP contribution is 2.33. The highest BCUT2D eigenvalue weighted by molar-refractivity contribution is 7.20.